The van der Waals surface area contributed by atoms with Crippen molar-refractivity contribution in [3.05, 3.63) is 86.9 Å². The van der Waals surface area contributed by atoms with Crippen molar-refractivity contribution in [2.24, 2.45) is 0 Å². The molecule has 0 saturated carbocycles. The Morgan fingerprint density at radius 2 is 1.60 bits per heavy atom. The summed E-state index contributed by atoms with van der Waals surface area (Å²) in [5.74, 6) is 0. The molecule has 0 aliphatic rings. The predicted molar refractivity (Wildman–Crippen MR) is 82.6 cm³/mol. The molecule has 0 atom stereocenters. The van der Waals surface area contributed by atoms with E-state index in [-0.39, 0.29) is 10.7 Å². The molecule has 0 saturated heterocycles. The van der Waals surface area contributed by atoms with Crippen LogP contribution in [0.3, 0.4) is 0 Å². The number of hydrogen-bond donors (Lipinski definition) is 0. The van der Waals surface area contributed by atoms with Gasteiger partial charge in [-0.05, 0) is 23.3 Å². The second-order valence-electron chi connectivity index (χ2n) is 4.10. The van der Waals surface area contributed by atoms with Gasteiger partial charge in [-0.1, -0.05) is 66.2 Å². The van der Waals surface area contributed by atoms with Crippen molar-refractivity contribution < 1.29 is 4.92 Å². The van der Waals surface area contributed by atoms with Crippen LogP contribution in [-0.2, 0) is 0 Å². The molecule has 0 aliphatic heterocycles. The minimum absolute atomic E-state index is 0.0800. The van der Waals surface area contributed by atoms with Crippen molar-refractivity contribution in [3.8, 4) is 0 Å². The van der Waals surface area contributed by atoms with Gasteiger partial charge in [0.05, 0.1) is 4.92 Å². The number of allylic oxidation sites excluding steroid dienone is 2. The zero-order valence-electron chi connectivity index (χ0n) is 10.6. The van der Waals surface area contributed by atoms with Gasteiger partial charge in [-0.2, -0.15) is 0 Å². The number of rotatable bonds is 4. The first kappa shape index (κ1) is 14.0. The van der Waals surface area contributed by atoms with Crippen molar-refractivity contribution in [1.82, 2.24) is 0 Å². The Hall–Kier alpha value is -2.39. The Balaban J connectivity index is 2.07. The molecule has 4 heteroatoms. The van der Waals surface area contributed by atoms with E-state index in [2.05, 4.69) is 0 Å². The molecule has 2 aromatic carbocycles. The van der Waals surface area contributed by atoms with Crippen molar-refractivity contribution in [3.63, 3.8) is 0 Å². The van der Waals surface area contributed by atoms with Crippen LogP contribution >= 0.6 is 11.6 Å². The lowest BCUT2D eigenvalue weighted by atomic mass is 10.1. The van der Waals surface area contributed by atoms with Crippen LogP contribution < -0.4 is 0 Å². The molecule has 3 nitrogen and oxygen atoms in total. The molecular weight excluding hydrogens is 274 g/mol. The molecule has 0 fully saturated rings. The van der Waals surface area contributed by atoms with Crippen molar-refractivity contribution in [2.45, 2.75) is 0 Å². The van der Waals surface area contributed by atoms with E-state index >= 15 is 0 Å². The third kappa shape index (κ3) is 3.80. The van der Waals surface area contributed by atoms with Crippen molar-refractivity contribution in [1.29, 1.82) is 0 Å². The van der Waals surface area contributed by atoms with Gasteiger partial charge in [-0.25, -0.2) is 0 Å². The molecule has 2 aromatic rings. The summed E-state index contributed by atoms with van der Waals surface area (Å²) in [5, 5.41) is 10.8. The number of nitro groups is 1. The minimum atomic E-state index is -0.495. The summed E-state index contributed by atoms with van der Waals surface area (Å²) in [6, 6.07) is 14.6. The lowest BCUT2D eigenvalue weighted by Gasteiger charge is -1.96. The van der Waals surface area contributed by atoms with E-state index in [1.807, 2.05) is 54.6 Å². The first-order valence-electron chi connectivity index (χ1n) is 6.00. The van der Waals surface area contributed by atoms with Gasteiger partial charge >= 0.3 is 0 Å². The maximum Gasteiger partial charge on any atom is 0.287 e. The van der Waals surface area contributed by atoms with Gasteiger partial charge in [0, 0.05) is 6.07 Å². The average molecular weight is 286 g/mol. The summed E-state index contributed by atoms with van der Waals surface area (Å²) in [5.41, 5.74) is 1.85. The Morgan fingerprint density at radius 1 is 0.950 bits per heavy atom. The predicted octanol–water partition coefficient (Wildman–Crippen LogP) is 4.97. The molecule has 0 aliphatic carbocycles. The standard InChI is InChI=1S/C16H12ClNO2/c17-15-12-14(10-11-16(15)18(19)20)9-5-4-8-13-6-2-1-3-7-13/h1-12H/b8-4-,9-5+. The second kappa shape index (κ2) is 6.68. The summed E-state index contributed by atoms with van der Waals surface area (Å²) in [4.78, 5) is 10.1. The second-order valence-corrected chi connectivity index (χ2v) is 4.50. The summed E-state index contributed by atoms with van der Waals surface area (Å²) in [6.07, 6.45) is 7.59. The Bertz CT molecular complexity index is 663. The highest BCUT2D eigenvalue weighted by molar-refractivity contribution is 6.32. The molecule has 0 bridgehead atoms. The van der Waals surface area contributed by atoms with E-state index in [1.54, 1.807) is 12.1 Å². The van der Waals surface area contributed by atoms with Gasteiger partial charge in [0.15, 0.2) is 0 Å². The molecule has 0 unspecified atom stereocenters. The molecule has 100 valence electrons. The topological polar surface area (TPSA) is 43.1 Å². The van der Waals surface area contributed by atoms with Gasteiger partial charge in [0.25, 0.3) is 5.69 Å². The van der Waals surface area contributed by atoms with Crippen LogP contribution in [-0.4, -0.2) is 4.92 Å². The maximum absolute atomic E-state index is 10.6. The first-order chi connectivity index (χ1) is 9.66. The molecule has 0 N–H and O–H groups in total. The highest BCUT2D eigenvalue weighted by atomic mass is 35.5. The zero-order chi connectivity index (χ0) is 14.4. The van der Waals surface area contributed by atoms with E-state index in [0.29, 0.717) is 0 Å². The monoisotopic (exact) mass is 285 g/mol. The van der Waals surface area contributed by atoms with Gasteiger partial charge in [0.2, 0.25) is 0 Å². The summed E-state index contributed by atoms with van der Waals surface area (Å²) in [6.45, 7) is 0. The SMILES string of the molecule is O=[N+]([O-])c1ccc(/C=C/C=C\c2ccccc2)cc1Cl. The number of nitro benzene ring substituents is 1. The molecule has 0 heterocycles. The van der Waals surface area contributed by atoms with Crippen LogP contribution in [0, 0.1) is 10.1 Å². The third-order valence-corrected chi connectivity index (χ3v) is 2.96. The van der Waals surface area contributed by atoms with Crippen LogP contribution in [0.15, 0.2) is 60.7 Å². The molecule has 0 aromatic heterocycles. The summed E-state index contributed by atoms with van der Waals surface area (Å²) >= 11 is 5.84. The Kier molecular flexibility index (Phi) is 4.69. The minimum Gasteiger partial charge on any atom is -0.258 e. The summed E-state index contributed by atoms with van der Waals surface area (Å²) < 4.78 is 0. The largest absolute Gasteiger partial charge is 0.287 e. The van der Waals surface area contributed by atoms with Crippen LogP contribution in [0.1, 0.15) is 11.1 Å². The van der Waals surface area contributed by atoms with Crippen LogP contribution in [0.4, 0.5) is 5.69 Å². The van der Waals surface area contributed by atoms with Gasteiger partial charge < -0.3 is 0 Å². The number of hydrogen-bond acceptors (Lipinski definition) is 2. The van der Waals surface area contributed by atoms with Crippen molar-refractivity contribution >= 4 is 29.4 Å². The van der Waals surface area contributed by atoms with Crippen LogP contribution in [0.5, 0.6) is 0 Å². The van der Waals surface area contributed by atoms with Crippen molar-refractivity contribution in [2.75, 3.05) is 0 Å². The normalized spacial score (nSPS) is 11.2. The lowest BCUT2D eigenvalue weighted by Crippen LogP contribution is -1.88. The van der Waals surface area contributed by atoms with E-state index in [4.69, 9.17) is 11.6 Å². The molecular formula is C16H12ClNO2. The Labute approximate surface area is 122 Å². The van der Waals surface area contributed by atoms with Crippen LogP contribution in [0.25, 0.3) is 12.2 Å². The zero-order valence-corrected chi connectivity index (χ0v) is 11.3. The van der Waals surface area contributed by atoms with Gasteiger partial charge in [-0.3, -0.25) is 10.1 Å². The molecule has 2 rings (SSSR count). The number of halogens is 1. The molecule has 0 spiro atoms. The van der Waals surface area contributed by atoms with Gasteiger partial charge in [0.1, 0.15) is 5.02 Å². The summed E-state index contributed by atoms with van der Waals surface area (Å²) in [7, 11) is 0. The fourth-order valence-electron chi connectivity index (χ4n) is 1.67. The lowest BCUT2D eigenvalue weighted by molar-refractivity contribution is -0.384. The number of nitrogens with zero attached hydrogens (tertiary/aromatic N) is 1. The third-order valence-electron chi connectivity index (χ3n) is 2.66. The number of benzene rings is 2. The van der Waals surface area contributed by atoms with E-state index in [9.17, 15) is 10.1 Å². The van der Waals surface area contributed by atoms with E-state index in [1.165, 1.54) is 6.07 Å². The fourth-order valence-corrected chi connectivity index (χ4v) is 1.93. The molecule has 20 heavy (non-hydrogen) atoms. The first-order valence-corrected chi connectivity index (χ1v) is 6.38. The quantitative estimate of drug-likeness (QED) is 0.452. The smallest absolute Gasteiger partial charge is 0.258 e. The highest BCUT2D eigenvalue weighted by Gasteiger charge is 2.10. The van der Waals surface area contributed by atoms with E-state index < -0.39 is 4.92 Å². The Morgan fingerprint density at radius 3 is 2.20 bits per heavy atom. The van der Waals surface area contributed by atoms with Gasteiger partial charge in [-0.15, -0.1) is 0 Å². The molecule has 0 radical (unpaired) electrons. The van der Waals surface area contributed by atoms with Crippen LogP contribution in [0.2, 0.25) is 5.02 Å². The highest BCUT2D eigenvalue weighted by Crippen LogP contribution is 2.25. The maximum atomic E-state index is 10.6. The molecule has 0 amide bonds. The average Bonchev–Trinajstić information content (AvgIpc) is 2.44. The fraction of sp³-hybridized carbons (Fsp3) is 0. The van der Waals surface area contributed by atoms with E-state index in [0.717, 1.165) is 11.1 Å².